The van der Waals surface area contributed by atoms with Gasteiger partial charge in [0.25, 0.3) is 0 Å². The first-order chi connectivity index (χ1) is 10.3. The van der Waals surface area contributed by atoms with Gasteiger partial charge >= 0.3 is 0 Å². The number of hydrogen-bond donors (Lipinski definition) is 1. The van der Waals surface area contributed by atoms with Gasteiger partial charge in [0.15, 0.2) is 5.65 Å². The third kappa shape index (κ3) is 1.99. The molecule has 5 nitrogen and oxygen atoms in total. The van der Waals surface area contributed by atoms with Crippen molar-refractivity contribution in [1.29, 1.82) is 0 Å². The normalized spacial score (nSPS) is 11.1. The van der Waals surface area contributed by atoms with E-state index in [2.05, 4.69) is 38.2 Å². The monoisotopic (exact) mass is 275 g/mol. The van der Waals surface area contributed by atoms with Crippen LogP contribution in [0.2, 0.25) is 0 Å². The molecule has 0 spiro atoms. The largest absolute Gasteiger partial charge is 0.337 e. The highest BCUT2D eigenvalue weighted by atomic mass is 15.3. The summed E-state index contributed by atoms with van der Waals surface area (Å²) in [5.41, 5.74) is 5.65. The number of benzene rings is 1. The van der Waals surface area contributed by atoms with E-state index in [1.807, 2.05) is 36.0 Å². The molecule has 0 bridgehead atoms. The van der Waals surface area contributed by atoms with Gasteiger partial charge in [-0.25, -0.2) is 4.98 Å². The van der Waals surface area contributed by atoms with Crippen LogP contribution in [0.1, 0.15) is 0 Å². The van der Waals surface area contributed by atoms with E-state index in [1.165, 1.54) is 0 Å². The molecule has 0 aliphatic carbocycles. The molecule has 3 heterocycles. The van der Waals surface area contributed by atoms with Crippen molar-refractivity contribution >= 4 is 11.2 Å². The van der Waals surface area contributed by atoms with Gasteiger partial charge in [0.2, 0.25) is 0 Å². The molecule has 0 saturated carbocycles. The number of nitrogens with one attached hydrogen (secondary N) is 1. The SMILES string of the molecule is Cn1nc(-c2cc3nccnc3[nH]2)cc1-c1ccccc1. The lowest BCUT2D eigenvalue weighted by Crippen LogP contribution is -1.93. The van der Waals surface area contributed by atoms with Crippen molar-refractivity contribution in [3.63, 3.8) is 0 Å². The maximum absolute atomic E-state index is 4.58. The number of aromatic amines is 1. The van der Waals surface area contributed by atoms with E-state index in [0.717, 1.165) is 33.8 Å². The first-order valence-corrected chi connectivity index (χ1v) is 6.71. The van der Waals surface area contributed by atoms with Gasteiger partial charge in [-0.2, -0.15) is 5.10 Å². The fourth-order valence-electron chi connectivity index (χ4n) is 2.47. The minimum Gasteiger partial charge on any atom is -0.337 e. The molecule has 1 aromatic carbocycles. The highest BCUT2D eigenvalue weighted by Crippen LogP contribution is 2.26. The van der Waals surface area contributed by atoms with Crippen LogP contribution in [-0.2, 0) is 7.05 Å². The Morgan fingerprint density at radius 3 is 2.62 bits per heavy atom. The van der Waals surface area contributed by atoms with Crippen LogP contribution in [-0.4, -0.2) is 24.7 Å². The number of aromatic nitrogens is 5. The van der Waals surface area contributed by atoms with Gasteiger partial charge in [-0.05, 0) is 17.7 Å². The maximum Gasteiger partial charge on any atom is 0.156 e. The standard InChI is InChI=1S/C16H13N5/c1-21-15(11-5-3-2-4-6-11)10-13(20-21)12-9-14-16(19-12)18-8-7-17-14/h2-10H,1H3,(H,18,19). The molecule has 1 N–H and O–H groups in total. The highest BCUT2D eigenvalue weighted by Gasteiger charge is 2.11. The third-order valence-electron chi connectivity index (χ3n) is 3.49. The Balaban J connectivity index is 1.83. The number of rotatable bonds is 2. The van der Waals surface area contributed by atoms with Crippen molar-refractivity contribution in [2.45, 2.75) is 0 Å². The molecule has 0 aliphatic heterocycles. The molecule has 0 unspecified atom stereocenters. The summed E-state index contributed by atoms with van der Waals surface area (Å²) in [7, 11) is 1.95. The summed E-state index contributed by atoms with van der Waals surface area (Å²) < 4.78 is 1.89. The van der Waals surface area contributed by atoms with Crippen molar-refractivity contribution in [2.75, 3.05) is 0 Å². The van der Waals surface area contributed by atoms with Crippen LogP contribution < -0.4 is 0 Å². The molecule has 0 amide bonds. The van der Waals surface area contributed by atoms with Crippen LogP contribution in [0.4, 0.5) is 0 Å². The Bertz CT molecular complexity index is 872. The van der Waals surface area contributed by atoms with E-state index in [4.69, 9.17) is 0 Å². The van der Waals surface area contributed by atoms with Crippen LogP contribution >= 0.6 is 0 Å². The van der Waals surface area contributed by atoms with Crippen molar-refractivity contribution in [2.24, 2.45) is 7.05 Å². The molecule has 102 valence electrons. The van der Waals surface area contributed by atoms with E-state index in [9.17, 15) is 0 Å². The van der Waals surface area contributed by atoms with E-state index >= 15 is 0 Å². The Hall–Kier alpha value is -2.95. The Morgan fingerprint density at radius 2 is 1.81 bits per heavy atom. The van der Waals surface area contributed by atoms with E-state index in [1.54, 1.807) is 12.4 Å². The van der Waals surface area contributed by atoms with Crippen LogP contribution in [0.5, 0.6) is 0 Å². The molecule has 0 fully saturated rings. The zero-order valence-corrected chi connectivity index (χ0v) is 11.5. The summed E-state index contributed by atoms with van der Waals surface area (Å²) in [5.74, 6) is 0. The minimum atomic E-state index is 0.777. The summed E-state index contributed by atoms with van der Waals surface area (Å²) in [6.07, 6.45) is 3.37. The second-order valence-corrected chi connectivity index (χ2v) is 4.88. The van der Waals surface area contributed by atoms with E-state index in [-0.39, 0.29) is 0 Å². The minimum absolute atomic E-state index is 0.777. The van der Waals surface area contributed by atoms with E-state index in [0.29, 0.717) is 0 Å². The fraction of sp³-hybridized carbons (Fsp3) is 0.0625. The molecule has 0 radical (unpaired) electrons. The summed E-state index contributed by atoms with van der Waals surface area (Å²) in [6.45, 7) is 0. The van der Waals surface area contributed by atoms with E-state index < -0.39 is 0 Å². The Labute approximate surface area is 121 Å². The van der Waals surface area contributed by atoms with Gasteiger partial charge in [0.05, 0.1) is 11.4 Å². The van der Waals surface area contributed by atoms with Crippen LogP contribution in [0.25, 0.3) is 33.8 Å². The van der Waals surface area contributed by atoms with Crippen LogP contribution in [0.3, 0.4) is 0 Å². The molecular formula is C16H13N5. The number of fused-ring (bicyclic) bond motifs is 1. The Kier molecular flexibility index (Phi) is 2.57. The lowest BCUT2D eigenvalue weighted by Gasteiger charge is -1.99. The van der Waals surface area contributed by atoms with Gasteiger partial charge in [-0.15, -0.1) is 0 Å². The molecule has 0 atom stereocenters. The number of H-pyrrole nitrogens is 1. The molecule has 5 heteroatoms. The second kappa shape index (κ2) is 4.56. The zero-order valence-electron chi connectivity index (χ0n) is 11.5. The summed E-state index contributed by atoms with van der Waals surface area (Å²) in [4.78, 5) is 11.8. The van der Waals surface area contributed by atoms with Crippen molar-refractivity contribution < 1.29 is 0 Å². The topological polar surface area (TPSA) is 59.4 Å². The van der Waals surface area contributed by atoms with Crippen LogP contribution in [0, 0.1) is 0 Å². The number of nitrogens with zero attached hydrogens (tertiary/aromatic N) is 4. The molecule has 21 heavy (non-hydrogen) atoms. The summed E-state index contributed by atoms with van der Waals surface area (Å²) in [5, 5.41) is 4.58. The van der Waals surface area contributed by atoms with Gasteiger partial charge < -0.3 is 4.98 Å². The molecule has 0 aliphatic rings. The third-order valence-corrected chi connectivity index (χ3v) is 3.49. The summed E-state index contributed by atoms with van der Waals surface area (Å²) in [6, 6.07) is 14.3. The maximum atomic E-state index is 4.58. The van der Waals surface area contributed by atoms with Crippen molar-refractivity contribution in [3.05, 3.63) is 54.9 Å². The first-order valence-electron chi connectivity index (χ1n) is 6.71. The predicted octanol–water partition coefficient (Wildman–Crippen LogP) is 3.03. The molecular weight excluding hydrogens is 262 g/mol. The quantitative estimate of drug-likeness (QED) is 0.611. The second-order valence-electron chi connectivity index (χ2n) is 4.88. The number of hydrogen-bond acceptors (Lipinski definition) is 3. The van der Waals surface area contributed by atoms with Crippen molar-refractivity contribution in [1.82, 2.24) is 24.7 Å². The molecule has 0 saturated heterocycles. The van der Waals surface area contributed by atoms with Crippen LogP contribution in [0.15, 0.2) is 54.9 Å². The number of aryl methyl sites for hydroxylation is 1. The zero-order chi connectivity index (χ0) is 14.2. The highest BCUT2D eigenvalue weighted by molar-refractivity contribution is 5.79. The average Bonchev–Trinajstić information content (AvgIpc) is 3.11. The smallest absolute Gasteiger partial charge is 0.156 e. The first kappa shape index (κ1) is 11.8. The molecule has 4 aromatic rings. The van der Waals surface area contributed by atoms with Gasteiger partial charge in [0.1, 0.15) is 11.2 Å². The Morgan fingerprint density at radius 1 is 1.00 bits per heavy atom. The van der Waals surface area contributed by atoms with Crippen molar-refractivity contribution in [3.8, 4) is 22.6 Å². The van der Waals surface area contributed by atoms with Gasteiger partial charge in [0, 0.05) is 19.4 Å². The van der Waals surface area contributed by atoms with Gasteiger partial charge in [-0.3, -0.25) is 9.67 Å². The lowest BCUT2D eigenvalue weighted by molar-refractivity contribution is 0.778. The fourth-order valence-corrected chi connectivity index (χ4v) is 2.47. The lowest BCUT2D eigenvalue weighted by atomic mass is 10.1. The molecule has 3 aromatic heterocycles. The molecule has 4 rings (SSSR count). The predicted molar refractivity (Wildman–Crippen MR) is 81.5 cm³/mol. The average molecular weight is 275 g/mol. The summed E-state index contributed by atoms with van der Waals surface area (Å²) >= 11 is 0. The van der Waals surface area contributed by atoms with Gasteiger partial charge in [-0.1, -0.05) is 30.3 Å².